The molecule has 2 nitrogen and oxygen atoms in total. The molecule has 0 heterocycles. The molecular formula is C28H28Cl3NO. The average molecular weight is 501 g/mol. The summed E-state index contributed by atoms with van der Waals surface area (Å²) in [6.07, 6.45) is 0. The van der Waals surface area contributed by atoms with Gasteiger partial charge in [0.2, 0.25) is 0 Å². The zero-order valence-corrected chi connectivity index (χ0v) is 22.0. The van der Waals surface area contributed by atoms with E-state index in [2.05, 4.69) is 26.0 Å². The Morgan fingerprint density at radius 1 is 0.727 bits per heavy atom. The van der Waals surface area contributed by atoms with Crippen molar-refractivity contribution < 1.29 is 5.11 Å². The maximum Gasteiger partial charge on any atom is 0.120 e. The zero-order chi connectivity index (χ0) is 24.7. The minimum absolute atomic E-state index is 0.129. The fraction of sp³-hybridized carbons (Fsp3) is 0.321. The van der Waals surface area contributed by atoms with Gasteiger partial charge in [-0.25, -0.2) is 0 Å². The molecule has 0 aliphatic heterocycles. The molecule has 3 aromatic rings. The van der Waals surface area contributed by atoms with Gasteiger partial charge in [0.05, 0.1) is 11.6 Å². The largest absolute Gasteiger partial charge is 0.508 e. The molecule has 0 saturated carbocycles. The molecule has 0 saturated heterocycles. The first-order chi connectivity index (χ1) is 15.3. The summed E-state index contributed by atoms with van der Waals surface area (Å²) in [5.74, 6) is 0.499. The first kappa shape index (κ1) is 25.4. The fourth-order valence-electron chi connectivity index (χ4n) is 4.30. The molecule has 1 N–H and O–H groups in total. The standard InChI is InChI=1S/C28H28Cl3NO/c1-16(2)18-8-9-19(24(30)12-18)27(3,4)22-13-25(31)21(14-26(22)33)28(5,6)20-11-17(15-32)7-10-23(20)29/h7-14,16,33H,1-6H3. The van der Waals surface area contributed by atoms with Gasteiger partial charge in [-0.15, -0.1) is 0 Å². The molecule has 0 atom stereocenters. The molecular weight excluding hydrogens is 473 g/mol. The van der Waals surface area contributed by atoms with Crippen LogP contribution in [-0.4, -0.2) is 5.11 Å². The van der Waals surface area contributed by atoms with Crippen LogP contribution in [-0.2, 0) is 10.8 Å². The number of nitrogens with zero attached hydrogens (tertiary/aromatic N) is 1. The van der Waals surface area contributed by atoms with Crippen molar-refractivity contribution in [2.24, 2.45) is 0 Å². The maximum atomic E-state index is 11.1. The summed E-state index contributed by atoms with van der Waals surface area (Å²) >= 11 is 20.0. The number of halogens is 3. The van der Waals surface area contributed by atoms with Crippen molar-refractivity contribution >= 4 is 34.8 Å². The van der Waals surface area contributed by atoms with Crippen LogP contribution >= 0.6 is 34.8 Å². The van der Waals surface area contributed by atoms with E-state index >= 15 is 0 Å². The Bertz CT molecular complexity index is 1250. The Morgan fingerprint density at radius 3 is 1.88 bits per heavy atom. The van der Waals surface area contributed by atoms with Crippen LogP contribution in [0.5, 0.6) is 5.75 Å². The minimum atomic E-state index is -0.641. The van der Waals surface area contributed by atoms with Crippen molar-refractivity contribution in [1.82, 2.24) is 0 Å². The molecule has 0 unspecified atom stereocenters. The predicted molar refractivity (Wildman–Crippen MR) is 139 cm³/mol. The summed E-state index contributed by atoms with van der Waals surface area (Å²) in [6, 6.07) is 16.9. The zero-order valence-electron chi connectivity index (χ0n) is 19.7. The third kappa shape index (κ3) is 4.73. The number of phenolic OH excluding ortho intramolecular Hbond substituents is 1. The van der Waals surface area contributed by atoms with Crippen LogP contribution < -0.4 is 0 Å². The number of benzene rings is 3. The minimum Gasteiger partial charge on any atom is -0.508 e. The smallest absolute Gasteiger partial charge is 0.120 e. The van der Waals surface area contributed by atoms with Crippen molar-refractivity contribution in [3.8, 4) is 11.8 Å². The van der Waals surface area contributed by atoms with Gasteiger partial charge in [0, 0.05) is 31.5 Å². The van der Waals surface area contributed by atoms with Crippen LogP contribution in [0.15, 0.2) is 48.5 Å². The Balaban J connectivity index is 2.13. The van der Waals surface area contributed by atoms with Crippen LogP contribution in [0.1, 0.15) is 80.8 Å². The summed E-state index contributed by atoms with van der Waals surface area (Å²) in [7, 11) is 0. The molecule has 3 aromatic carbocycles. The molecule has 0 amide bonds. The van der Waals surface area contributed by atoms with E-state index < -0.39 is 10.8 Å². The van der Waals surface area contributed by atoms with Gasteiger partial charge in [0.15, 0.2) is 0 Å². The lowest BCUT2D eigenvalue weighted by molar-refractivity contribution is 0.450. The summed E-state index contributed by atoms with van der Waals surface area (Å²) in [4.78, 5) is 0. The summed E-state index contributed by atoms with van der Waals surface area (Å²) < 4.78 is 0. The molecule has 0 spiro atoms. The van der Waals surface area contributed by atoms with Crippen LogP contribution in [0.25, 0.3) is 0 Å². The average Bonchev–Trinajstić information content (AvgIpc) is 2.74. The van der Waals surface area contributed by atoms with Crippen molar-refractivity contribution in [1.29, 1.82) is 5.26 Å². The van der Waals surface area contributed by atoms with Crippen LogP contribution in [0.2, 0.25) is 15.1 Å². The lowest BCUT2D eigenvalue weighted by Gasteiger charge is -2.32. The third-order valence-corrected chi connectivity index (χ3v) is 7.49. The molecule has 5 heteroatoms. The monoisotopic (exact) mass is 499 g/mol. The van der Waals surface area contributed by atoms with Crippen LogP contribution in [0.3, 0.4) is 0 Å². The molecule has 0 aromatic heterocycles. The fourth-order valence-corrected chi connectivity index (χ4v) is 5.48. The van der Waals surface area contributed by atoms with Gasteiger partial charge in [-0.2, -0.15) is 5.26 Å². The van der Waals surface area contributed by atoms with E-state index in [-0.39, 0.29) is 5.75 Å². The highest BCUT2D eigenvalue weighted by Gasteiger charge is 2.33. The summed E-state index contributed by atoms with van der Waals surface area (Å²) in [5, 5.41) is 22.2. The lowest BCUT2D eigenvalue weighted by Crippen LogP contribution is -2.23. The number of aromatic hydroxyl groups is 1. The Morgan fingerprint density at radius 2 is 1.30 bits per heavy atom. The molecule has 0 fully saturated rings. The predicted octanol–water partition coefficient (Wildman–Crippen LogP) is 9.00. The molecule has 0 radical (unpaired) electrons. The number of phenols is 1. The molecule has 0 bridgehead atoms. The van der Waals surface area contributed by atoms with Gasteiger partial charge in [0.25, 0.3) is 0 Å². The van der Waals surface area contributed by atoms with Gasteiger partial charge in [0.1, 0.15) is 5.75 Å². The van der Waals surface area contributed by atoms with Gasteiger partial charge in [-0.1, -0.05) is 88.5 Å². The number of nitriles is 1. The quantitative estimate of drug-likeness (QED) is 0.380. The first-order valence-corrected chi connectivity index (χ1v) is 12.0. The third-order valence-electron chi connectivity index (χ3n) is 6.53. The van der Waals surface area contributed by atoms with E-state index in [1.165, 1.54) is 0 Å². The van der Waals surface area contributed by atoms with E-state index in [1.807, 2.05) is 45.9 Å². The SMILES string of the molecule is CC(C)c1ccc(C(C)(C)c2cc(Cl)c(C(C)(C)c3cc(C#N)ccc3Cl)cc2O)c(Cl)c1. The highest BCUT2D eigenvalue weighted by Crippen LogP contribution is 2.46. The number of hydrogen-bond acceptors (Lipinski definition) is 2. The van der Waals surface area contributed by atoms with Crippen LogP contribution in [0.4, 0.5) is 0 Å². The van der Waals surface area contributed by atoms with E-state index in [1.54, 1.807) is 24.3 Å². The second-order valence-electron chi connectivity index (χ2n) is 9.80. The topological polar surface area (TPSA) is 44.0 Å². The van der Waals surface area contributed by atoms with Crippen LogP contribution in [0, 0.1) is 11.3 Å². The normalized spacial score (nSPS) is 12.2. The Hall–Kier alpha value is -2.18. The van der Waals surface area contributed by atoms with E-state index in [9.17, 15) is 10.4 Å². The highest BCUT2D eigenvalue weighted by molar-refractivity contribution is 6.33. The van der Waals surface area contributed by atoms with Gasteiger partial charge < -0.3 is 5.11 Å². The van der Waals surface area contributed by atoms with Crippen molar-refractivity contribution in [3.05, 3.63) is 97.0 Å². The van der Waals surface area contributed by atoms with Crippen molar-refractivity contribution in [3.63, 3.8) is 0 Å². The van der Waals surface area contributed by atoms with E-state index in [4.69, 9.17) is 34.8 Å². The van der Waals surface area contributed by atoms with E-state index in [0.29, 0.717) is 32.1 Å². The lowest BCUT2D eigenvalue weighted by atomic mass is 9.73. The second-order valence-corrected chi connectivity index (χ2v) is 11.0. The maximum absolute atomic E-state index is 11.1. The number of hydrogen-bond donors (Lipinski definition) is 1. The molecule has 0 aliphatic carbocycles. The molecule has 33 heavy (non-hydrogen) atoms. The second kappa shape index (κ2) is 9.22. The molecule has 0 aliphatic rings. The van der Waals surface area contributed by atoms with Gasteiger partial charge in [-0.05, 0) is 64.6 Å². The summed E-state index contributed by atoms with van der Waals surface area (Å²) in [6.45, 7) is 12.2. The first-order valence-electron chi connectivity index (χ1n) is 10.8. The molecule has 172 valence electrons. The van der Waals surface area contributed by atoms with Gasteiger partial charge >= 0.3 is 0 Å². The highest BCUT2D eigenvalue weighted by atomic mass is 35.5. The Labute approximate surface area is 211 Å². The van der Waals surface area contributed by atoms with E-state index in [0.717, 1.165) is 22.3 Å². The molecule has 3 rings (SSSR count). The van der Waals surface area contributed by atoms with Crippen molar-refractivity contribution in [2.75, 3.05) is 0 Å². The van der Waals surface area contributed by atoms with Crippen molar-refractivity contribution in [2.45, 2.75) is 58.3 Å². The van der Waals surface area contributed by atoms with Gasteiger partial charge in [-0.3, -0.25) is 0 Å². The number of rotatable bonds is 5. The summed E-state index contributed by atoms with van der Waals surface area (Å²) in [5.41, 5.74) is 3.54. The Kier molecular flexibility index (Phi) is 7.11.